The molecule has 0 spiro atoms. The summed E-state index contributed by atoms with van der Waals surface area (Å²) in [5.41, 5.74) is 12.9. The number of rotatable bonds is 4. The van der Waals surface area contributed by atoms with Gasteiger partial charge < -0.3 is 5.73 Å². The van der Waals surface area contributed by atoms with Crippen molar-refractivity contribution in [3.05, 3.63) is 149 Å². The van der Waals surface area contributed by atoms with Crippen molar-refractivity contribution in [3.8, 4) is 0 Å². The van der Waals surface area contributed by atoms with E-state index in [9.17, 15) is 0 Å². The molecular weight excluding hydrogens is 473 g/mol. The number of hydrogen-bond acceptors (Lipinski definition) is 0. The first-order valence-electron chi connectivity index (χ1n) is 13.5. The molecule has 0 heterocycles. The van der Waals surface area contributed by atoms with Gasteiger partial charge >= 0.3 is 0 Å². The lowest BCUT2D eigenvalue weighted by atomic mass is 10.1. The fourth-order valence-electron chi connectivity index (χ4n) is 5.72. The van der Waals surface area contributed by atoms with Gasteiger partial charge in [-0.05, 0) is 53.2 Å². The Hall–Kier alpha value is -3.41. The molecule has 192 valence electrons. The lowest BCUT2D eigenvalue weighted by Gasteiger charge is -2.41. The van der Waals surface area contributed by atoms with Gasteiger partial charge in [-0.15, -0.1) is 48.5 Å². The van der Waals surface area contributed by atoms with Gasteiger partial charge in [-0.3, -0.25) is 0 Å². The average molecular weight is 514 g/mol. The van der Waals surface area contributed by atoms with Gasteiger partial charge in [0.2, 0.25) is 0 Å². The maximum atomic E-state index is 3.88. The van der Waals surface area contributed by atoms with Crippen LogP contribution < -0.4 is 23.4 Å². The largest absolute Gasteiger partial charge is 0.325 e. The highest BCUT2D eigenvalue weighted by Gasteiger charge is 2.36. The lowest BCUT2D eigenvalue weighted by molar-refractivity contribution is -0.255. The summed E-state index contributed by atoms with van der Waals surface area (Å²) in [5, 5.41) is 0. The van der Waals surface area contributed by atoms with Crippen LogP contribution in [0.15, 0.2) is 115 Å². The van der Waals surface area contributed by atoms with Crippen LogP contribution in [0.4, 0.5) is 5.69 Å². The van der Waals surface area contributed by atoms with Crippen molar-refractivity contribution in [2.45, 2.75) is 41.5 Å². The third-order valence-corrected chi connectivity index (χ3v) is 13.3. The molecule has 5 aromatic rings. The van der Waals surface area contributed by atoms with Crippen LogP contribution in [0, 0.1) is 41.5 Å². The number of quaternary nitrogens is 1. The normalized spacial score (nSPS) is 11.0. The predicted molar refractivity (Wildman–Crippen MR) is 167 cm³/mol. The van der Waals surface area contributed by atoms with E-state index in [0.717, 1.165) is 5.69 Å². The Morgan fingerprint density at radius 2 is 0.737 bits per heavy atom. The van der Waals surface area contributed by atoms with Crippen LogP contribution in [0.25, 0.3) is 0 Å². The van der Waals surface area contributed by atoms with Crippen LogP contribution >= 0.6 is 0 Å². The van der Waals surface area contributed by atoms with Crippen molar-refractivity contribution in [2.24, 2.45) is 0 Å². The quantitative estimate of drug-likeness (QED) is 0.309. The minimum absolute atomic E-state index is 1.13. The third-order valence-electron chi connectivity index (χ3n) is 7.89. The molecule has 0 radical (unpaired) electrons. The Morgan fingerprint density at radius 1 is 0.421 bits per heavy atom. The highest BCUT2D eigenvalue weighted by Crippen LogP contribution is 2.14. The molecule has 3 N–H and O–H groups in total. The molecule has 38 heavy (non-hydrogen) atoms. The topological polar surface area (TPSA) is 27.6 Å². The van der Waals surface area contributed by atoms with Crippen LogP contribution in [0.2, 0.25) is 0 Å². The minimum atomic E-state index is -2.84. The molecule has 0 unspecified atom stereocenters. The van der Waals surface area contributed by atoms with E-state index in [4.69, 9.17) is 0 Å². The number of aryl methyl sites for hydroxylation is 5. The van der Waals surface area contributed by atoms with E-state index in [2.05, 4.69) is 150 Å². The summed E-state index contributed by atoms with van der Waals surface area (Å²) in [4.78, 5) is 0. The van der Waals surface area contributed by atoms with Gasteiger partial charge in [0.05, 0.1) is 0 Å². The van der Waals surface area contributed by atoms with Gasteiger partial charge in [-0.25, -0.2) is 17.7 Å². The predicted octanol–water partition coefficient (Wildman–Crippen LogP) is 5.47. The monoisotopic (exact) mass is 513 g/mol. The second kappa shape index (κ2) is 12.0. The van der Waals surface area contributed by atoms with Crippen molar-refractivity contribution in [1.82, 2.24) is 0 Å². The van der Waals surface area contributed by atoms with Gasteiger partial charge in [0.25, 0.3) is 13.1 Å². The second-order valence-corrected chi connectivity index (χ2v) is 15.3. The van der Waals surface area contributed by atoms with E-state index in [1.807, 2.05) is 12.1 Å². The van der Waals surface area contributed by atoms with E-state index < -0.39 is 13.1 Å². The van der Waals surface area contributed by atoms with Crippen molar-refractivity contribution >= 4 is 36.5 Å². The molecular formula is C36H40AlN. The summed E-state index contributed by atoms with van der Waals surface area (Å²) in [5.74, 6) is 0. The molecule has 1 nitrogen and oxygen atoms in total. The summed E-state index contributed by atoms with van der Waals surface area (Å²) in [6.07, 6.45) is 0. The Morgan fingerprint density at radius 3 is 1.00 bits per heavy atom. The van der Waals surface area contributed by atoms with E-state index in [1.54, 1.807) is 0 Å². The first-order chi connectivity index (χ1) is 18.2. The van der Waals surface area contributed by atoms with Gasteiger partial charge in [0.1, 0.15) is 5.69 Å². The van der Waals surface area contributed by atoms with Crippen LogP contribution in [-0.2, 0) is 0 Å². The van der Waals surface area contributed by atoms with Crippen LogP contribution in [0.3, 0.4) is 0 Å². The Labute approximate surface area is 231 Å². The molecule has 0 saturated carbocycles. The molecule has 5 aromatic carbocycles. The van der Waals surface area contributed by atoms with E-state index in [-0.39, 0.29) is 0 Å². The minimum Gasteiger partial charge on any atom is -0.325 e. The summed E-state index contributed by atoms with van der Waals surface area (Å²) >= 11 is -2.84. The van der Waals surface area contributed by atoms with Crippen molar-refractivity contribution in [2.75, 3.05) is 0 Å². The average Bonchev–Trinajstić information content (AvgIpc) is 2.89. The standard InChI is InChI=1S/C8H11N.4C7H7.Al/c1-6-4-3-5-8(9)7(6)2;4*1-7-5-3-2-4-6-7;/h3-5H,9H2,1-2H3;4*2-3,5-6H,1H3;/q;;;;;-1/p+1. The van der Waals surface area contributed by atoms with Crippen LogP contribution in [0.1, 0.15) is 33.4 Å². The second-order valence-electron chi connectivity index (χ2n) is 10.9. The molecule has 0 saturated heterocycles. The van der Waals surface area contributed by atoms with Crippen molar-refractivity contribution < 1.29 is 5.73 Å². The smallest absolute Gasteiger partial charge is 0.267 e. The van der Waals surface area contributed by atoms with Crippen molar-refractivity contribution in [3.63, 3.8) is 0 Å². The molecule has 0 bridgehead atoms. The SMILES string of the molecule is Cc1ccc[c]([Al-]([c]2cccc(C)c2)([c]2cccc(C)c2)[c]2cccc(C)c2)c1.Cc1cccc([NH3+])c1C. The summed E-state index contributed by atoms with van der Waals surface area (Å²) in [7, 11) is 0. The van der Waals surface area contributed by atoms with Gasteiger partial charge in [-0.1, -0.05) is 82.9 Å². The maximum absolute atomic E-state index is 3.88. The Bertz CT molecular complexity index is 1340. The molecule has 0 aliphatic heterocycles. The summed E-state index contributed by atoms with van der Waals surface area (Å²) in [6, 6.07) is 42.9. The number of hydrogen-bond donors (Lipinski definition) is 1. The molecule has 0 atom stereocenters. The first-order valence-corrected chi connectivity index (χ1v) is 15.8. The Kier molecular flexibility index (Phi) is 8.70. The van der Waals surface area contributed by atoms with Crippen LogP contribution in [-0.4, -0.2) is 13.1 Å². The molecule has 0 aliphatic rings. The van der Waals surface area contributed by atoms with E-state index in [1.165, 1.54) is 51.1 Å². The zero-order valence-corrected chi connectivity index (χ0v) is 24.9. The van der Waals surface area contributed by atoms with Gasteiger partial charge in [0.15, 0.2) is 0 Å². The highest BCUT2D eigenvalue weighted by molar-refractivity contribution is 7.19. The van der Waals surface area contributed by atoms with E-state index >= 15 is 0 Å². The van der Waals surface area contributed by atoms with E-state index in [0.29, 0.717) is 0 Å². The zero-order valence-electron chi connectivity index (χ0n) is 23.8. The molecule has 0 aliphatic carbocycles. The molecule has 0 fully saturated rings. The third kappa shape index (κ3) is 5.85. The summed E-state index contributed by atoms with van der Waals surface area (Å²) in [6.45, 7) is 13.0. The van der Waals surface area contributed by atoms with Gasteiger partial charge in [0, 0.05) is 5.56 Å². The molecule has 0 amide bonds. The van der Waals surface area contributed by atoms with Crippen LogP contribution in [0.5, 0.6) is 0 Å². The van der Waals surface area contributed by atoms with Gasteiger partial charge in [-0.2, -0.15) is 0 Å². The first kappa shape index (κ1) is 27.6. The zero-order chi connectivity index (χ0) is 27.3. The fraction of sp³-hybridized carbons (Fsp3) is 0.167. The summed E-state index contributed by atoms with van der Waals surface area (Å²) < 4.78 is 5.89. The lowest BCUT2D eigenvalue weighted by Crippen LogP contribution is -2.75. The Balaban J connectivity index is 0.000000317. The number of benzene rings is 5. The highest BCUT2D eigenvalue weighted by atomic mass is 27.2. The molecule has 0 aromatic heterocycles. The molecule has 2 heteroatoms. The maximum Gasteiger partial charge on any atom is 0.267 e. The fourth-order valence-corrected chi connectivity index (χ4v) is 11.7. The molecule has 5 rings (SSSR count). The van der Waals surface area contributed by atoms with Crippen molar-refractivity contribution in [1.29, 1.82) is 0 Å².